The molecule has 1 aromatic heterocycles. The Kier molecular flexibility index (Phi) is 8.58. The first-order valence-electron chi connectivity index (χ1n) is 13.6. The Balaban J connectivity index is 1.46. The lowest BCUT2D eigenvalue weighted by molar-refractivity contribution is -0.293. The summed E-state index contributed by atoms with van der Waals surface area (Å²) in [7, 11) is -2.07. The van der Waals surface area contributed by atoms with Crippen LogP contribution in [0.15, 0.2) is 84.0 Å². The van der Waals surface area contributed by atoms with E-state index in [2.05, 4.69) is 9.71 Å². The predicted molar refractivity (Wildman–Crippen MR) is 153 cm³/mol. The molecule has 0 spiro atoms. The Hall–Kier alpha value is -3.53. The minimum atomic E-state index is -3.96. The van der Waals surface area contributed by atoms with Gasteiger partial charge in [-0.3, -0.25) is 4.79 Å². The van der Waals surface area contributed by atoms with Gasteiger partial charge in [0.15, 0.2) is 17.4 Å². The lowest BCUT2D eigenvalue weighted by Crippen LogP contribution is -2.34. The summed E-state index contributed by atoms with van der Waals surface area (Å²) in [6.07, 6.45) is 6.04. The first-order chi connectivity index (χ1) is 19.6. The van der Waals surface area contributed by atoms with Crippen LogP contribution in [0.3, 0.4) is 0 Å². The van der Waals surface area contributed by atoms with Crippen LogP contribution in [0.1, 0.15) is 60.7 Å². The molecular formula is C31H33ClFN4O3S+. The summed E-state index contributed by atoms with van der Waals surface area (Å²) in [6.45, 7) is 2.31. The van der Waals surface area contributed by atoms with Crippen molar-refractivity contribution in [2.45, 2.75) is 56.0 Å². The predicted octanol–water partition coefficient (Wildman–Crippen LogP) is 5.34. The molecule has 7 nitrogen and oxygen atoms in total. The zero-order valence-corrected chi connectivity index (χ0v) is 24.6. The standard InChI is InChI=1S/C31H33ClFN4O3S/c1-21(22-7-4-3-5-8-22)17-31(38)37(20-30-34-15-16-36(30)2)24-12-11-23-9-6-10-29(26(23)18-24)35-41(39,40)25-13-14-28(33)27(32)19-25/h3-5,7-8,11-16,18-19,21,29,32,35H,6,9-10,17,20H2,1-2H3/q+1/t21-,29+/m0/s1. The second-order valence-electron chi connectivity index (χ2n) is 10.5. The monoisotopic (exact) mass is 595 g/mol. The Labute approximate surface area is 245 Å². The first-order valence-corrected chi connectivity index (χ1v) is 15.4. The average molecular weight is 596 g/mol. The van der Waals surface area contributed by atoms with Crippen molar-refractivity contribution in [3.8, 4) is 0 Å². The van der Waals surface area contributed by atoms with E-state index >= 15 is 0 Å². The lowest BCUT2D eigenvalue weighted by Gasteiger charge is -2.30. The van der Waals surface area contributed by atoms with E-state index in [1.165, 1.54) is 6.07 Å². The molecule has 214 valence electrons. The third-order valence-electron chi connectivity index (χ3n) is 7.64. The van der Waals surface area contributed by atoms with Gasteiger partial charge < -0.3 is 9.47 Å². The van der Waals surface area contributed by atoms with Gasteiger partial charge in [-0.15, -0.1) is 0 Å². The molecule has 1 heterocycles. The molecule has 0 saturated heterocycles. The topological polar surface area (TPSA) is 84.3 Å². The summed E-state index contributed by atoms with van der Waals surface area (Å²) in [5.74, 6) is 0.0543. The van der Waals surface area contributed by atoms with E-state index in [9.17, 15) is 17.6 Å². The molecule has 1 aliphatic rings. The average Bonchev–Trinajstić information content (AvgIpc) is 3.37. The number of imidazole rings is 1. The van der Waals surface area contributed by atoms with Crippen molar-refractivity contribution < 1.29 is 29.2 Å². The number of aryl methyl sites for hydroxylation is 2. The summed E-state index contributed by atoms with van der Waals surface area (Å²) in [5.41, 5.74) is 3.61. The van der Waals surface area contributed by atoms with E-state index < -0.39 is 21.9 Å². The smallest absolute Gasteiger partial charge is 0.262 e. The fourth-order valence-electron chi connectivity index (χ4n) is 5.27. The number of carbonyl (C=O) groups excluding carboxylic acids is 1. The highest BCUT2D eigenvalue weighted by Gasteiger charge is 2.29. The molecule has 10 heteroatoms. The summed E-state index contributed by atoms with van der Waals surface area (Å²) in [6, 6.07) is 18.7. The molecule has 0 fully saturated rings. The van der Waals surface area contributed by atoms with Crippen LogP contribution in [0.5, 0.6) is 0 Å². The van der Waals surface area contributed by atoms with Crippen molar-refractivity contribution in [3.63, 3.8) is 0 Å². The Morgan fingerprint density at radius 2 is 1.95 bits per heavy atom. The SMILES string of the molecule is C[C@@H](CC(=O)N(Cc1nccn1C)c1ccc2c(c1)[C@H](NS(=O)(=O)c1ccc(F)c([ClH+])c1)CCC2)c1ccccc1. The van der Waals surface area contributed by atoms with Gasteiger partial charge in [0, 0.05) is 43.7 Å². The quantitative estimate of drug-likeness (QED) is 0.283. The lowest BCUT2D eigenvalue weighted by atomic mass is 9.87. The molecule has 3 aromatic carbocycles. The third kappa shape index (κ3) is 6.53. The van der Waals surface area contributed by atoms with Crippen molar-refractivity contribution in [3.05, 3.63) is 112 Å². The van der Waals surface area contributed by atoms with E-state index in [-0.39, 0.29) is 28.3 Å². The number of rotatable bonds is 9. The van der Waals surface area contributed by atoms with Gasteiger partial charge in [-0.2, -0.15) is 0 Å². The van der Waals surface area contributed by atoms with E-state index in [4.69, 9.17) is 11.6 Å². The van der Waals surface area contributed by atoms with Gasteiger partial charge in [0.25, 0.3) is 5.02 Å². The van der Waals surface area contributed by atoms with Crippen molar-refractivity contribution in [2.75, 3.05) is 4.90 Å². The van der Waals surface area contributed by atoms with Crippen molar-refractivity contribution in [1.82, 2.24) is 14.3 Å². The van der Waals surface area contributed by atoms with Crippen LogP contribution < -0.4 is 9.62 Å². The minimum Gasteiger partial charge on any atom is -0.337 e. The fourth-order valence-corrected chi connectivity index (χ4v) is 6.81. The number of aromatic nitrogens is 2. The molecule has 1 aliphatic carbocycles. The number of amides is 1. The van der Waals surface area contributed by atoms with Gasteiger partial charge in [-0.25, -0.2) is 22.5 Å². The largest absolute Gasteiger partial charge is 0.337 e. The highest BCUT2D eigenvalue weighted by atomic mass is 35.5. The Morgan fingerprint density at radius 3 is 2.66 bits per heavy atom. The van der Waals surface area contributed by atoms with Gasteiger partial charge in [-0.05, 0) is 66.1 Å². The van der Waals surface area contributed by atoms with Gasteiger partial charge in [0.2, 0.25) is 15.9 Å². The second-order valence-corrected chi connectivity index (χ2v) is 12.6. The van der Waals surface area contributed by atoms with Gasteiger partial charge in [0.1, 0.15) is 5.82 Å². The summed E-state index contributed by atoms with van der Waals surface area (Å²) in [4.78, 5) is 19.9. The second kappa shape index (κ2) is 12.1. The highest BCUT2D eigenvalue weighted by molar-refractivity contribution is 7.89. The molecule has 2 atom stereocenters. The number of nitrogens with zero attached hydrogens (tertiary/aromatic N) is 3. The van der Waals surface area contributed by atoms with Crippen LogP contribution in [-0.2, 0) is 34.8 Å². The van der Waals surface area contributed by atoms with Crippen LogP contribution in [0, 0.1) is 17.4 Å². The highest BCUT2D eigenvalue weighted by Crippen LogP contribution is 2.35. The number of anilines is 1. The first kappa shape index (κ1) is 29.0. The third-order valence-corrected chi connectivity index (χ3v) is 9.42. The van der Waals surface area contributed by atoms with E-state index in [0.29, 0.717) is 18.5 Å². The maximum absolute atomic E-state index is 13.8. The minimum absolute atomic E-state index is 0.00902. The molecule has 1 amide bonds. The summed E-state index contributed by atoms with van der Waals surface area (Å²) >= 11 is 4.95. The van der Waals surface area contributed by atoms with E-state index in [0.717, 1.165) is 47.5 Å². The zero-order valence-electron chi connectivity index (χ0n) is 23.0. The number of sulfonamides is 1. The van der Waals surface area contributed by atoms with Crippen LogP contribution in [0.4, 0.5) is 10.1 Å². The summed E-state index contributed by atoms with van der Waals surface area (Å²) in [5, 5.41) is -0.146. The maximum Gasteiger partial charge on any atom is 0.262 e. The van der Waals surface area contributed by atoms with Crippen LogP contribution in [0.2, 0.25) is 5.02 Å². The van der Waals surface area contributed by atoms with Crippen LogP contribution in [0.25, 0.3) is 0 Å². The van der Waals surface area contributed by atoms with Crippen molar-refractivity contribution in [1.29, 1.82) is 0 Å². The Morgan fingerprint density at radius 1 is 1.17 bits per heavy atom. The number of benzene rings is 3. The molecule has 1 N–H and O–H groups in total. The molecule has 0 unspecified atom stereocenters. The molecule has 0 radical (unpaired) electrons. The van der Waals surface area contributed by atoms with Crippen LogP contribution >= 0.6 is 0 Å². The van der Waals surface area contributed by atoms with Crippen molar-refractivity contribution in [2.24, 2.45) is 7.05 Å². The van der Waals surface area contributed by atoms with Crippen molar-refractivity contribution >= 4 is 21.6 Å². The maximum atomic E-state index is 13.8. The number of nitrogens with one attached hydrogen (secondary N) is 1. The number of fused-ring (bicyclic) bond motifs is 1. The molecule has 0 aliphatic heterocycles. The van der Waals surface area contributed by atoms with Gasteiger partial charge >= 0.3 is 0 Å². The number of halogens is 2. The number of carbonyl (C=O) groups is 1. The van der Waals surface area contributed by atoms with Gasteiger partial charge in [-0.1, -0.05) is 43.3 Å². The van der Waals surface area contributed by atoms with Crippen LogP contribution in [-0.4, -0.2) is 23.9 Å². The summed E-state index contributed by atoms with van der Waals surface area (Å²) < 4.78 is 44.9. The zero-order chi connectivity index (χ0) is 29.1. The van der Waals surface area contributed by atoms with E-state index in [1.807, 2.05) is 73.3 Å². The fraction of sp³-hybridized carbons (Fsp3) is 0.290. The number of hydrogen-bond donors (Lipinski definition) is 1. The normalized spacial score (nSPS) is 15.8. The molecule has 4 aromatic rings. The van der Waals surface area contributed by atoms with Gasteiger partial charge in [0.05, 0.1) is 11.4 Å². The number of hydrogen-bond acceptors (Lipinski definition) is 4. The molecule has 41 heavy (non-hydrogen) atoms. The molecular weight excluding hydrogens is 563 g/mol. The molecule has 0 saturated carbocycles. The molecule has 0 bridgehead atoms. The molecule has 5 rings (SSSR count). The Bertz CT molecular complexity index is 1660. The van der Waals surface area contributed by atoms with E-state index in [1.54, 1.807) is 11.1 Å².